The summed E-state index contributed by atoms with van der Waals surface area (Å²) in [5, 5.41) is 3.93. The Kier molecular flexibility index (Phi) is 3.02. The zero-order valence-electron chi connectivity index (χ0n) is 7.58. The van der Waals surface area contributed by atoms with E-state index in [-0.39, 0.29) is 5.82 Å². The first kappa shape index (κ1) is 11.6. The van der Waals surface area contributed by atoms with Crippen LogP contribution in [0.25, 0.3) is 10.7 Å². The van der Waals surface area contributed by atoms with Gasteiger partial charge >= 0.3 is 12.1 Å². The number of rotatable bonds is 2. The average molecular weight is 313 g/mol. The third-order valence-electron chi connectivity index (χ3n) is 1.68. The van der Waals surface area contributed by atoms with Gasteiger partial charge in [-0.3, -0.25) is 0 Å². The molecule has 0 aliphatic heterocycles. The Morgan fingerprint density at radius 1 is 1.38 bits per heavy atom. The van der Waals surface area contributed by atoms with Crippen LogP contribution in [0.4, 0.5) is 13.2 Å². The highest BCUT2D eigenvalue weighted by molar-refractivity contribution is 9.08. The van der Waals surface area contributed by atoms with E-state index >= 15 is 0 Å². The molecule has 2 aromatic rings. The summed E-state index contributed by atoms with van der Waals surface area (Å²) in [5.41, 5.74) is 0. The fourth-order valence-electron chi connectivity index (χ4n) is 1.01. The zero-order chi connectivity index (χ0) is 11.8. The van der Waals surface area contributed by atoms with Crippen LogP contribution >= 0.6 is 27.3 Å². The third kappa shape index (κ3) is 2.27. The van der Waals surface area contributed by atoms with Crippen LogP contribution in [0.5, 0.6) is 0 Å². The molecule has 0 saturated heterocycles. The van der Waals surface area contributed by atoms with Crippen LogP contribution in [0.15, 0.2) is 16.7 Å². The minimum atomic E-state index is -4.60. The van der Waals surface area contributed by atoms with Gasteiger partial charge in [0.2, 0.25) is 5.82 Å². The lowest BCUT2D eigenvalue weighted by Crippen LogP contribution is -2.04. The molecule has 0 N–H and O–H groups in total. The number of aromatic nitrogens is 2. The first-order valence-electron chi connectivity index (χ1n) is 4.06. The first-order valence-corrected chi connectivity index (χ1v) is 6.00. The van der Waals surface area contributed by atoms with Crippen molar-refractivity contribution in [2.24, 2.45) is 0 Å². The predicted molar refractivity (Wildman–Crippen MR) is 55.2 cm³/mol. The highest BCUT2D eigenvalue weighted by Gasteiger charge is 2.38. The molecular weight excluding hydrogens is 309 g/mol. The van der Waals surface area contributed by atoms with Gasteiger partial charge in [-0.2, -0.15) is 18.2 Å². The lowest BCUT2D eigenvalue weighted by molar-refractivity contribution is -0.159. The molecule has 0 bridgehead atoms. The smallest absolute Gasteiger partial charge is 0.329 e. The summed E-state index contributed by atoms with van der Waals surface area (Å²) in [5.74, 6) is -1.36. The molecule has 8 heteroatoms. The Hall–Kier alpha value is -0.890. The Balaban J connectivity index is 2.31. The van der Waals surface area contributed by atoms with Crippen LogP contribution in [-0.4, -0.2) is 10.1 Å². The molecule has 0 aromatic carbocycles. The lowest BCUT2D eigenvalue weighted by Gasteiger charge is -1.95. The molecule has 0 amide bonds. The molecule has 0 aliphatic rings. The van der Waals surface area contributed by atoms with Crippen LogP contribution in [0.3, 0.4) is 0 Å². The minimum absolute atomic E-state index is 0.0375. The van der Waals surface area contributed by atoms with Gasteiger partial charge < -0.3 is 4.52 Å². The van der Waals surface area contributed by atoms with Crippen LogP contribution in [-0.2, 0) is 11.5 Å². The number of halogens is 4. The van der Waals surface area contributed by atoms with Crippen molar-refractivity contribution in [2.75, 3.05) is 0 Å². The van der Waals surface area contributed by atoms with Crippen molar-refractivity contribution in [3.8, 4) is 10.7 Å². The van der Waals surface area contributed by atoms with Crippen LogP contribution in [0.1, 0.15) is 10.8 Å². The molecule has 0 aliphatic carbocycles. The molecule has 0 saturated carbocycles. The Labute approximate surface area is 100 Å². The zero-order valence-corrected chi connectivity index (χ0v) is 9.99. The summed E-state index contributed by atoms with van der Waals surface area (Å²) in [6.07, 6.45) is -4.60. The van der Waals surface area contributed by atoms with Crippen LogP contribution in [0.2, 0.25) is 0 Å². The number of nitrogens with zero attached hydrogens (tertiary/aromatic N) is 2. The molecule has 0 radical (unpaired) electrons. The SMILES string of the molecule is FC(F)(F)c1nc(-c2ccc(CBr)s2)no1. The van der Waals surface area contributed by atoms with Gasteiger partial charge in [-0.15, -0.1) is 11.3 Å². The normalized spacial score (nSPS) is 12.0. The second-order valence-electron chi connectivity index (χ2n) is 2.82. The summed E-state index contributed by atoms with van der Waals surface area (Å²) in [4.78, 5) is 4.82. The maximum atomic E-state index is 12.2. The maximum absolute atomic E-state index is 12.2. The molecule has 3 nitrogen and oxygen atoms in total. The van der Waals surface area contributed by atoms with Crippen molar-refractivity contribution in [2.45, 2.75) is 11.5 Å². The fraction of sp³-hybridized carbons (Fsp3) is 0.250. The molecule has 0 fully saturated rings. The van der Waals surface area contributed by atoms with E-state index in [1.165, 1.54) is 11.3 Å². The van der Waals surface area contributed by atoms with Crippen molar-refractivity contribution < 1.29 is 17.7 Å². The third-order valence-corrected chi connectivity index (χ3v) is 3.74. The maximum Gasteiger partial charge on any atom is 0.471 e. The minimum Gasteiger partial charge on any atom is -0.329 e. The lowest BCUT2D eigenvalue weighted by atomic mass is 10.4. The number of thiophene rings is 1. The van der Waals surface area contributed by atoms with Crippen molar-refractivity contribution >= 4 is 27.3 Å². The van der Waals surface area contributed by atoms with Gasteiger partial charge in [0.15, 0.2) is 0 Å². The van der Waals surface area contributed by atoms with Crippen LogP contribution < -0.4 is 0 Å². The summed E-state index contributed by atoms with van der Waals surface area (Å²) < 4.78 is 40.7. The molecule has 2 aromatic heterocycles. The monoisotopic (exact) mass is 312 g/mol. The van der Waals surface area contributed by atoms with Crippen molar-refractivity contribution in [3.63, 3.8) is 0 Å². The number of hydrogen-bond donors (Lipinski definition) is 0. The molecule has 86 valence electrons. The Morgan fingerprint density at radius 3 is 2.62 bits per heavy atom. The molecule has 0 unspecified atom stereocenters. The van der Waals surface area contributed by atoms with Gasteiger partial charge in [0.25, 0.3) is 0 Å². The molecule has 0 spiro atoms. The Morgan fingerprint density at radius 2 is 2.12 bits per heavy atom. The summed E-state index contributed by atoms with van der Waals surface area (Å²) >= 11 is 4.56. The first-order chi connectivity index (χ1) is 7.50. The highest BCUT2D eigenvalue weighted by atomic mass is 79.9. The average Bonchev–Trinajstić information content (AvgIpc) is 2.85. The van der Waals surface area contributed by atoms with E-state index in [0.717, 1.165) is 4.88 Å². The highest BCUT2D eigenvalue weighted by Crippen LogP contribution is 2.32. The number of alkyl halides is 4. The van der Waals surface area contributed by atoms with E-state index < -0.39 is 12.1 Å². The second-order valence-corrected chi connectivity index (χ2v) is 4.55. The quantitative estimate of drug-likeness (QED) is 0.793. The van der Waals surface area contributed by atoms with E-state index in [4.69, 9.17) is 0 Å². The van der Waals surface area contributed by atoms with Gasteiger partial charge in [-0.1, -0.05) is 21.1 Å². The molecule has 2 heterocycles. The molecule has 2 rings (SSSR count). The van der Waals surface area contributed by atoms with E-state index in [0.29, 0.717) is 10.2 Å². The van der Waals surface area contributed by atoms with E-state index in [2.05, 4.69) is 30.6 Å². The predicted octanol–water partition coefficient (Wildman–Crippen LogP) is 3.71. The van der Waals surface area contributed by atoms with Gasteiger partial charge in [0.05, 0.1) is 4.88 Å². The molecular formula is C8H4BrF3N2OS. The Bertz CT molecular complexity index is 493. The second kappa shape index (κ2) is 4.17. The largest absolute Gasteiger partial charge is 0.471 e. The van der Waals surface area contributed by atoms with Crippen LogP contribution in [0, 0.1) is 0 Å². The van der Waals surface area contributed by atoms with Crippen molar-refractivity contribution in [1.82, 2.24) is 10.1 Å². The van der Waals surface area contributed by atoms with Gasteiger partial charge in [-0.25, -0.2) is 0 Å². The fourth-order valence-corrected chi connectivity index (χ4v) is 2.32. The molecule has 16 heavy (non-hydrogen) atoms. The topological polar surface area (TPSA) is 38.9 Å². The van der Waals surface area contributed by atoms with Crippen molar-refractivity contribution in [3.05, 3.63) is 22.9 Å². The summed E-state index contributed by atoms with van der Waals surface area (Å²) in [6.45, 7) is 0. The summed E-state index contributed by atoms with van der Waals surface area (Å²) in [6, 6.07) is 3.45. The summed E-state index contributed by atoms with van der Waals surface area (Å²) in [7, 11) is 0. The van der Waals surface area contributed by atoms with Gasteiger partial charge in [0, 0.05) is 10.2 Å². The van der Waals surface area contributed by atoms with E-state index in [9.17, 15) is 13.2 Å². The number of hydrogen-bond acceptors (Lipinski definition) is 4. The van der Waals surface area contributed by atoms with E-state index in [1.54, 1.807) is 12.1 Å². The van der Waals surface area contributed by atoms with Crippen molar-refractivity contribution in [1.29, 1.82) is 0 Å². The van der Waals surface area contributed by atoms with Gasteiger partial charge in [0.1, 0.15) is 0 Å². The standard InChI is InChI=1S/C8H4BrF3N2OS/c9-3-4-1-2-5(16-4)6-13-7(15-14-6)8(10,11)12/h1-2H,3H2. The molecule has 0 atom stereocenters. The van der Waals surface area contributed by atoms with Gasteiger partial charge in [-0.05, 0) is 12.1 Å². The van der Waals surface area contributed by atoms with E-state index in [1.807, 2.05) is 0 Å².